The van der Waals surface area contributed by atoms with E-state index in [0.29, 0.717) is 11.3 Å². The lowest BCUT2D eigenvalue weighted by Crippen LogP contribution is -2.13. The fraction of sp³-hybridized carbons (Fsp3) is 0.167. The summed E-state index contributed by atoms with van der Waals surface area (Å²) in [4.78, 5) is 22.4. The Kier molecular flexibility index (Phi) is 3.84. The first-order chi connectivity index (χ1) is 9.41. The van der Waals surface area contributed by atoms with Crippen LogP contribution < -0.4 is 5.32 Å². The van der Waals surface area contributed by atoms with Gasteiger partial charge in [-0.3, -0.25) is 20.2 Å². The van der Waals surface area contributed by atoms with Crippen LogP contribution in [0.1, 0.15) is 21.6 Å². The number of nitro benzene ring substituents is 1. The maximum absolute atomic E-state index is 12.1. The predicted molar refractivity (Wildman–Crippen MR) is 74.7 cm³/mol. The normalized spacial score (nSPS) is 10.3. The number of halogens is 1. The molecule has 1 N–H and O–H groups in total. The molecule has 0 saturated heterocycles. The zero-order valence-corrected chi connectivity index (χ0v) is 12.2. The highest BCUT2D eigenvalue weighted by Gasteiger charge is 2.21. The number of carbonyl (C=O) groups is 1. The van der Waals surface area contributed by atoms with Crippen molar-refractivity contribution in [3.05, 3.63) is 49.6 Å². The second-order valence-electron chi connectivity index (χ2n) is 4.07. The molecule has 1 aromatic heterocycles. The summed E-state index contributed by atoms with van der Waals surface area (Å²) in [6.07, 6.45) is 0. The van der Waals surface area contributed by atoms with Crippen LogP contribution in [-0.4, -0.2) is 16.0 Å². The Morgan fingerprint density at radius 1 is 1.45 bits per heavy atom. The monoisotopic (exact) mass is 339 g/mol. The van der Waals surface area contributed by atoms with Crippen LogP contribution in [0, 0.1) is 24.0 Å². The minimum Gasteiger partial charge on any atom is -0.338 e. The molecule has 1 aromatic carbocycles. The van der Waals surface area contributed by atoms with E-state index < -0.39 is 10.8 Å². The molecule has 2 aromatic rings. The first kappa shape index (κ1) is 14.2. The summed E-state index contributed by atoms with van der Waals surface area (Å²) in [5, 5.41) is 17.1. The highest BCUT2D eigenvalue weighted by atomic mass is 79.9. The smallest absolute Gasteiger partial charge is 0.284 e. The van der Waals surface area contributed by atoms with Crippen LogP contribution in [0.25, 0.3) is 0 Å². The van der Waals surface area contributed by atoms with Gasteiger partial charge >= 0.3 is 0 Å². The van der Waals surface area contributed by atoms with Gasteiger partial charge in [0.1, 0.15) is 4.47 Å². The zero-order valence-electron chi connectivity index (χ0n) is 10.6. The SMILES string of the molecule is Cc1noc(NC(=O)c2cccc([N+](=O)[O-])c2Br)c1C. The largest absolute Gasteiger partial charge is 0.338 e. The zero-order chi connectivity index (χ0) is 14.9. The minimum absolute atomic E-state index is 0.122. The van der Waals surface area contributed by atoms with Gasteiger partial charge in [0.25, 0.3) is 11.6 Å². The predicted octanol–water partition coefficient (Wildman–Crippen LogP) is 3.21. The van der Waals surface area contributed by atoms with Crippen molar-refractivity contribution in [3.63, 3.8) is 0 Å². The van der Waals surface area contributed by atoms with Crippen LogP contribution in [0.2, 0.25) is 0 Å². The quantitative estimate of drug-likeness (QED) is 0.683. The average Bonchev–Trinajstić information content (AvgIpc) is 2.70. The Morgan fingerprint density at radius 3 is 2.70 bits per heavy atom. The number of aromatic nitrogens is 1. The van der Waals surface area contributed by atoms with E-state index >= 15 is 0 Å². The first-order valence-electron chi connectivity index (χ1n) is 5.59. The number of benzene rings is 1. The summed E-state index contributed by atoms with van der Waals surface area (Å²) < 4.78 is 5.10. The number of nitrogens with zero attached hydrogens (tertiary/aromatic N) is 2. The number of hydrogen-bond donors (Lipinski definition) is 1. The standard InChI is InChI=1S/C12H10BrN3O4/c1-6-7(2)15-20-12(6)14-11(17)8-4-3-5-9(10(8)13)16(18)19/h3-5H,1-2H3,(H,14,17). The average molecular weight is 340 g/mol. The number of aryl methyl sites for hydroxylation is 1. The lowest BCUT2D eigenvalue weighted by Gasteiger charge is -2.05. The van der Waals surface area contributed by atoms with Crippen molar-refractivity contribution in [2.75, 3.05) is 5.32 Å². The molecule has 1 heterocycles. The third kappa shape index (κ3) is 2.55. The molecule has 2 rings (SSSR count). The number of anilines is 1. The first-order valence-corrected chi connectivity index (χ1v) is 6.38. The Balaban J connectivity index is 2.33. The van der Waals surface area contributed by atoms with Gasteiger partial charge in [-0.1, -0.05) is 11.2 Å². The van der Waals surface area contributed by atoms with E-state index in [0.717, 1.165) is 0 Å². The van der Waals surface area contributed by atoms with Crippen LogP contribution in [0.5, 0.6) is 0 Å². The van der Waals surface area contributed by atoms with Crippen molar-refractivity contribution in [1.29, 1.82) is 0 Å². The Labute approximate surface area is 122 Å². The van der Waals surface area contributed by atoms with Gasteiger partial charge in [-0.25, -0.2) is 0 Å². The molecule has 104 valence electrons. The van der Waals surface area contributed by atoms with Crippen molar-refractivity contribution in [1.82, 2.24) is 5.16 Å². The molecule has 0 atom stereocenters. The number of rotatable bonds is 3. The van der Waals surface area contributed by atoms with E-state index in [1.807, 2.05) is 0 Å². The van der Waals surface area contributed by atoms with Gasteiger partial charge in [0, 0.05) is 11.6 Å². The summed E-state index contributed by atoms with van der Waals surface area (Å²) in [6, 6.07) is 4.23. The summed E-state index contributed by atoms with van der Waals surface area (Å²) in [5.74, 6) is -0.286. The number of amides is 1. The Hall–Kier alpha value is -2.22. The van der Waals surface area contributed by atoms with Gasteiger partial charge in [-0.05, 0) is 35.8 Å². The van der Waals surface area contributed by atoms with Gasteiger partial charge in [-0.15, -0.1) is 0 Å². The number of carbonyl (C=O) groups excluding carboxylic acids is 1. The molecule has 0 fully saturated rings. The van der Waals surface area contributed by atoms with Crippen LogP contribution in [-0.2, 0) is 0 Å². The summed E-state index contributed by atoms with van der Waals surface area (Å²) >= 11 is 3.07. The fourth-order valence-corrected chi connectivity index (χ4v) is 2.13. The molecular formula is C12H10BrN3O4. The molecule has 7 nitrogen and oxygen atoms in total. The topological polar surface area (TPSA) is 98.3 Å². The molecule has 0 aliphatic heterocycles. The van der Waals surface area contributed by atoms with Gasteiger partial charge in [-0.2, -0.15) is 0 Å². The van der Waals surface area contributed by atoms with Crippen molar-refractivity contribution in [2.24, 2.45) is 0 Å². The number of hydrogen-bond acceptors (Lipinski definition) is 5. The van der Waals surface area contributed by atoms with E-state index in [2.05, 4.69) is 26.4 Å². The van der Waals surface area contributed by atoms with Crippen molar-refractivity contribution in [3.8, 4) is 0 Å². The van der Waals surface area contributed by atoms with Crippen LogP contribution in [0.4, 0.5) is 11.6 Å². The summed E-state index contributed by atoms with van der Waals surface area (Å²) in [6.45, 7) is 3.50. The molecule has 0 saturated carbocycles. The molecule has 0 bridgehead atoms. The van der Waals surface area contributed by atoms with E-state index in [9.17, 15) is 14.9 Å². The minimum atomic E-state index is -0.565. The molecule has 0 aliphatic carbocycles. The molecule has 0 spiro atoms. The second kappa shape index (κ2) is 5.41. The third-order valence-corrected chi connectivity index (χ3v) is 3.64. The number of nitro groups is 1. The van der Waals surface area contributed by atoms with Gasteiger partial charge < -0.3 is 4.52 Å². The van der Waals surface area contributed by atoms with Gasteiger partial charge in [0.05, 0.1) is 16.2 Å². The third-order valence-electron chi connectivity index (χ3n) is 2.80. The maximum atomic E-state index is 12.1. The van der Waals surface area contributed by atoms with Crippen LogP contribution in [0.15, 0.2) is 27.2 Å². The molecular weight excluding hydrogens is 330 g/mol. The Bertz CT molecular complexity index is 696. The fourth-order valence-electron chi connectivity index (χ4n) is 1.54. The van der Waals surface area contributed by atoms with Crippen LogP contribution >= 0.6 is 15.9 Å². The lowest BCUT2D eigenvalue weighted by atomic mass is 10.2. The summed E-state index contributed by atoms with van der Waals surface area (Å²) in [7, 11) is 0. The highest BCUT2D eigenvalue weighted by Crippen LogP contribution is 2.29. The molecule has 1 amide bonds. The van der Waals surface area contributed by atoms with E-state index in [-0.39, 0.29) is 21.6 Å². The number of nitrogens with one attached hydrogen (secondary N) is 1. The molecule has 20 heavy (non-hydrogen) atoms. The molecule has 0 aliphatic rings. The van der Waals surface area contributed by atoms with Crippen molar-refractivity contribution < 1.29 is 14.2 Å². The van der Waals surface area contributed by atoms with Crippen LogP contribution in [0.3, 0.4) is 0 Å². The van der Waals surface area contributed by atoms with E-state index in [1.54, 1.807) is 13.8 Å². The maximum Gasteiger partial charge on any atom is 0.284 e. The van der Waals surface area contributed by atoms with Crippen molar-refractivity contribution in [2.45, 2.75) is 13.8 Å². The van der Waals surface area contributed by atoms with E-state index in [1.165, 1.54) is 18.2 Å². The van der Waals surface area contributed by atoms with Crippen molar-refractivity contribution >= 4 is 33.4 Å². The van der Waals surface area contributed by atoms with Gasteiger partial charge in [0.2, 0.25) is 5.88 Å². The lowest BCUT2D eigenvalue weighted by molar-refractivity contribution is -0.385. The molecule has 0 unspecified atom stereocenters. The van der Waals surface area contributed by atoms with E-state index in [4.69, 9.17) is 4.52 Å². The molecule has 8 heteroatoms. The molecule has 0 radical (unpaired) electrons. The Morgan fingerprint density at radius 2 is 2.15 bits per heavy atom. The summed E-state index contributed by atoms with van der Waals surface area (Å²) in [5.41, 5.74) is 1.34. The second-order valence-corrected chi connectivity index (χ2v) is 4.87. The van der Waals surface area contributed by atoms with Gasteiger partial charge in [0.15, 0.2) is 0 Å². The highest BCUT2D eigenvalue weighted by molar-refractivity contribution is 9.10.